The average molecular weight is 498 g/mol. The molecular weight excluding hydrogens is 481 g/mol. The first-order chi connectivity index (χ1) is 13.0. The van der Waals surface area contributed by atoms with Crippen LogP contribution in [0.1, 0.15) is 18.1 Å². The second-order valence-corrected chi connectivity index (χ2v) is 6.87. The molecule has 0 spiro atoms. The van der Waals surface area contributed by atoms with Crippen molar-refractivity contribution in [3.63, 3.8) is 0 Å². The van der Waals surface area contributed by atoms with Gasteiger partial charge in [-0.1, -0.05) is 29.8 Å². The number of carbonyl (C=O) groups excluding carboxylic acids is 1. The summed E-state index contributed by atoms with van der Waals surface area (Å²) in [6.45, 7) is 2.17. The van der Waals surface area contributed by atoms with Crippen LogP contribution in [0.3, 0.4) is 0 Å². The Kier molecular flexibility index (Phi) is 7.95. The molecule has 0 heterocycles. The lowest BCUT2D eigenvalue weighted by atomic mass is 10.1. The van der Waals surface area contributed by atoms with Gasteiger partial charge >= 0.3 is 5.97 Å². The number of carbonyl (C=O) groups is 1. The predicted octanol–water partition coefficient (Wildman–Crippen LogP) is 5.00. The number of nitriles is 1. The van der Waals surface area contributed by atoms with Crippen molar-refractivity contribution in [2.24, 2.45) is 0 Å². The summed E-state index contributed by atoms with van der Waals surface area (Å²) in [5, 5.41) is 9.81. The molecule has 0 atom stereocenters. The Bertz CT molecular complexity index is 905. The van der Waals surface area contributed by atoms with Crippen molar-refractivity contribution in [1.29, 1.82) is 5.26 Å². The van der Waals surface area contributed by atoms with Crippen molar-refractivity contribution in [3.8, 4) is 17.6 Å². The van der Waals surface area contributed by atoms with Crippen LogP contribution in [0.5, 0.6) is 11.5 Å². The van der Waals surface area contributed by atoms with Crippen molar-refractivity contribution < 1.29 is 19.0 Å². The highest BCUT2D eigenvalue weighted by atomic mass is 127. The molecule has 27 heavy (non-hydrogen) atoms. The summed E-state index contributed by atoms with van der Waals surface area (Å²) in [6.07, 6.45) is 1.46. The summed E-state index contributed by atoms with van der Waals surface area (Å²) in [5.41, 5.74) is 1.40. The Balaban J connectivity index is 2.30. The van der Waals surface area contributed by atoms with E-state index in [-0.39, 0.29) is 18.8 Å². The van der Waals surface area contributed by atoms with Gasteiger partial charge in [-0.15, -0.1) is 0 Å². The molecule has 0 aromatic heterocycles. The van der Waals surface area contributed by atoms with E-state index < -0.39 is 5.97 Å². The zero-order valence-electron chi connectivity index (χ0n) is 14.8. The van der Waals surface area contributed by atoms with Gasteiger partial charge < -0.3 is 14.2 Å². The van der Waals surface area contributed by atoms with Crippen molar-refractivity contribution in [1.82, 2.24) is 0 Å². The van der Waals surface area contributed by atoms with Crippen LogP contribution in [-0.4, -0.2) is 19.7 Å². The number of ether oxygens (including phenoxy) is 3. The minimum atomic E-state index is -0.659. The number of nitrogens with zero attached hydrogens (tertiary/aromatic N) is 1. The van der Waals surface area contributed by atoms with Crippen LogP contribution in [-0.2, 0) is 16.1 Å². The van der Waals surface area contributed by atoms with Gasteiger partial charge in [0.15, 0.2) is 11.5 Å². The largest absolute Gasteiger partial charge is 0.493 e. The van der Waals surface area contributed by atoms with Gasteiger partial charge in [0.2, 0.25) is 0 Å². The molecule has 0 unspecified atom stereocenters. The monoisotopic (exact) mass is 497 g/mol. The van der Waals surface area contributed by atoms with Gasteiger partial charge in [-0.25, -0.2) is 4.79 Å². The molecule has 0 N–H and O–H groups in total. The highest BCUT2D eigenvalue weighted by molar-refractivity contribution is 14.1. The lowest BCUT2D eigenvalue weighted by Crippen LogP contribution is -2.06. The molecule has 0 fully saturated rings. The molecule has 2 aromatic carbocycles. The minimum absolute atomic E-state index is 0.0839. The van der Waals surface area contributed by atoms with Crippen molar-refractivity contribution in [2.75, 3.05) is 13.7 Å². The number of hydrogen-bond acceptors (Lipinski definition) is 5. The molecule has 140 valence electrons. The minimum Gasteiger partial charge on any atom is -0.493 e. The molecule has 0 radical (unpaired) electrons. The van der Waals surface area contributed by atoms with Crippen LogP contribution in [0.15, 0.2) is 42.0 Å². The summed E-state index contributed by atoms with van der Waals surface area (Å²) in [6, 6.07) is 12.8. The molecule has 7 heteroatoms. The molecule has 0 saturated carbocycles. The van der Waals surface area contributed by atoms with Gasteiger partial charge in [-0.2, -0.15) is 5.26 Å². The topological polar surface area (TPSA) is 68.6 Å². The number of methoxy groups -OCH3 is 1. The quantitative estimate of drug-likeness (QED) is 0.233. The van der Waals surface area contributed by atoms with E-state index in [1.807, 2.05) is 24.3 Å². The predicted molar refractivity (Wildman–Crippen MR) is 112 cm³/mol. The van der Waals surface area contributed by atoms with Crippen LogP contribution in [0.2, 0.25) is 5.02 Å². The summed E-state index contributed by atoms with van der Waals surface area (Å²) < 4.78 is 17.0. The Morgan fingerprint density at radius 3 is 2.70 bits per heavy atom. The molecular formula is C20H17ClINO4. The molecule has 2 aromatic rings. The summed E-state index contributed by atoms with van der Waals surface area (Å²) in [4.78, 5) is 11.8. The summed E-state index contributed by atoms with van der Waals surface area (Å²) >= 11 is 8.28. The Morgan fingerprint density at radius 2 is 2.07 bits per heavy atom. The molecule has 0 bridgehead atoms. The van der Waals surface area contributed by atoms with Crippen molar-refractivity contribution in [3.05, 3.63) is 61.7 Å². The number of benzene rings is 2. The van der Waals surface area contributed by atoms with E-state index in [9.17, 15) is 10.1 Å². The van der Waals surface area contributed by atoms with E-state index in [0.29, 0.717) is 22.1 Å². The van der Waals surface area contributed by atoms with Gasteiger partial charge in [0.1, 0.15) is 18.2 Å². The maximum atomic E-state index is 11.8. The second kappa shape index (κ2) is 10.2. The SMILES string of the molecule is CCOC(=O)/C(C#N)=C\c1cc(I)c(OCc2ccccc2Cl)c(OC)c1. The van der Waals surface area contributed by atoms with Gasteiger partial charge in [-0.05, 0) is 59.4 Å². The van der Waals surface area contributed by atoms with Gasteiger partial charge in [0, 0.05) is 10.6 Å². The number of halogens is 2. The number of esters is 1. The molecule has 0 amide bonds. The summed E-state index contributed by atoms with van der Waals surface area (Å²) in [7, 11) is 1.53. The van der Waals surface area contributed by atoms with E-state index in [4.69, 9.17) is 25.8 Å². The van der Waals surface area contributed by atoms with Crippen molar-refractivity contribution >= 4 is 46.2 Å². The maximum Gasteiger partial charge on any atom is 0.348 e. The molecule has 0 aliphatic rings. The third-order valence-electron chi connectivity index (χ3n) is 3.51. The van der Waals surface area contributed by atoms with E-state index in [0.717, 1.165) is 9.13 Å². The zero-order valence-corrected chi connectivity index (χ0v) is 17.7. The molecule has 0 saturated heterocycles. The van der Waals surface area contributed by atoms with E-state index in [1.54, 1.807) is 25.1 Å². The number of hydrogen-bond donors (Lipinski definition) is 0. The molecule has 0 aliphatic carbocycles. The molecule has 2 rings (SSSR count). The van der Waals surface area contributed by atoms with Gasteiger partial charge in [-0.3, -0.25) is 0 Å². The first-order valence-corrected chi connectivity index (χ1v) is 9.48. The zero-order chi connectivity index (χ0) is 19.8. The lowest BCUT2D eigenvalue weighted by molar-refractivity contribution is -0.137. The molecule has 5 nitrogen and oxygen atoms in total. The third kappa shape index (κ3) is 5.62. The van der Waals surface area contributed by atoms with Gasteiger partial charge in [0.05, 0.1) is 17.3 Å². The smallest absolute Gasteiger partial charge is 0.348 e. The maximum absolute atomic E-state index is 11.8. The Morgan fingerprint density at radius 1 is 1.33 bits per heavy atom. The molecule has 0 aliphatic heterocycles. The van der Waals surface area contributed by atoms with Crippen LogP contribution >= 0.6 is 34.2 Å². The van der Waals surface area contributed by atoms with Crippen LogP contribution in [0, 0.1) is 14.9 Å². The highest BCUT2D eigenvalue weighted by Crippen LogP contribution is 2.35. The normalized spacial score (nSPS) is 10.9. The average Bonchev–Trinajstić information content (AvgIpc) is 2.66. The first kappa shape index (κ1) is 21.1. The van der Waals surface area contributed by atoms with Crippen LogP contribution in [0.25, 0.3) is 6.08 Å². The van der Waals surface area contributed by atoms with E-state index in [2.05, 4.69) is 22.6 Å². The fourth-order valence-electron chi connectivity index (χ4n) is 2.24. The fraction of sp³-hybridized carbons (Fsp3) is 0.200. The van der Waals surface area contributed by atoms with E-state index in [1.165, 1.54) is 13.2 Å². The fourth-order valence-corrected chi connectivity index (χ4v) is 3.21. The summed E-state index contributed by atoms with van der Waals surface area (Å²) in [5.74, 6) is 0.388. The lowest BCUT2D eigenvalue weighted by Gasteiger charge is -2.14. The van der Waals surface area contributed by atoms with Gasteiger partial charge in [0.25, 0.3) is 0 Å². The second-order valence-electron chi connectivity index (χ2n) is 5.30. The van der Waals surface area contributed by atoms with Crippen molar-refractivity contribution in [2.45, 2.75) is 13.5 Å². The van der Waals surface area contributed by atoms with Crippen LogP contribution < -0.4 is 9.47 Å². The highest BCUT2D eigenvalue weighted by Gasteiger charge is 2.15. The third-order valence-corrected chi connectivity index (χ3v) is 4.68. The first-order valence-electron chi connectivity index (χ1n) is 8.02. The number of rotatable bonds is 7. The standard InChI is InChI=1S/C20H17ClINO4/c1-3-26-20(24)15(11-23)8-13-9-17(22)19(18(10-13)25-2)27-12-14-6-4-5-7-16(14)21/h4-10H,3,12H2,1-2H3/b15-8-. The Hall–Kier alpha value is -2.24. The Labute approximate surface area is 176 Å². The van der Waals surface area contributed by atoms with Crippen LogP contribution in [0.4, 0.5) is 0 Å². The van der Waals surface area contributed by atoms with E-state index >= 15 is 0 Å².